The summed E-state index contributed by atoms with van der Waals surface area (Å²) in [5.41, 5.74) is 0. The first-order valence-electron chi connectivity index (χ1n) is 5.60. The van der Waals surface area contributed by atoms with E-state index in [1.807, 2.05) is 0 Å². The highest BCUT2D eigenvalue weighted by molar-refractivity contribution is 7.73. The highest BCUT2D eigenvalue weighted by Gasteiger charge is 2.19. The van der Waals surface area contributed by atoms with E-state index < -0.39 is 0 Å². The van der Waals surface area contributed by atoms with Crippen LogP contribution in [-0.4, -0.2) is 48.8 Å². The quantitative estimate of drug-likeness (QED) is 0.841. The largest absolute Gasteiger partial charge is 0.349 e. The van der Waals surface area contributed by atoms with Crippen LogP contribution in [0.5, 0.6) is 0 Å². The van der Waals surface area contributed by atoms with Gasteiger partial charge in [0.2, 0.25) is 5.13 Å². The molecule has 1 N–H and O–H groups in total. The van der Waals surface area contributed by atoms with Gasteiger partial charge in [0.15, 0.2) is 3.95 Å². The molecule has 2 rings (SSSR count). The third-order valence-corrected chi connectivity index (χ3v) is 4.33. The second-order valence-electron chi connectivity index (χ2n) is 4.52. The highest BCUT2D eigenvalue weighted by atomic mass is 32.1. The lowest BCUT2D eigenvalue weighted by Crippen LogP contribution is -2.35. The van der Waals surface area contributed by atoms with Crippen molar-refractivity contribution in [1.82, 2.24) is 15.1 Å². The minimum atomic E-state index is 0.755. The van der Waals surface area contributed by atoms with E-state index in [9.17, 15) is 0 Å². The van der Waals surface area contributed by atoms with E-state index in [1.54, 1.807) is 11.3 Å². The lowest BCUT2D eigenvalue weighted by Gasteiger charge is -2.31. The van der Waals surface area contributed by atoms with Gasteiger partial charge in [0.25, 0.3) is 0 Å². The fraction of sp³-hybridized carbons (Fsp3) is 0.800. The number of rotatable bonds is 3. The van der Waals surface area contributed by atoms with Crippen LogP contribution in [-0.2, 0) is 0 Å². The number of H-pyrrole nitrogens is 1. The third kappa shape index (κ3) is 3.02. The number of piperidine rings is 1. The summed E-state index contributed by atoms with van der Waals surface area (Å²) < 4.78 is 0.755. The molecule has 0 aromatic carbocycles. The maximum atomic E-state index is 5.04. The Labute approximate surface area is 105 Å². The number of nitrogens with one attached hydrogen (secondary N) is 1. The van der Waals surface area contributed by atoms with Gasteiger partial charge in [-0.15, -0.1) is 5.10 Å². The molecule has 90 valence electrons. The molecule has 1 aliphatic rings. The zero-order chi connectivity index (χ0) is 11.5. The molecule has 1 fully saturated rings. The second-order valence-corrected chi connectivity index (χ2v) is 6.17. The predicted octanol–water partition coefficient (Wildman–Crippen LogP) is 1.98. The standard InChI is InChI=1S/C10H18N4S2/c1-13-5-3-8(4-6-13)7-14(2)9-11-12-10(15)16-9/h8H,3-7H2,1-2H3,(H,12,15). The van der Waals surface area contributed by atoms with Crippen molar-refractivity contribution in [1.29, 1.82) is 0 Å². The summed E-state index contributed by atoms with van der Waals surface area (Å²) >= 11 is 6.59. The Balaban J connectivity index is 1.87. The van der Waals surface area contributed by atoms with Gasteiger partial charge in [-0.25, -0.2) is 0 Å². The number of hydrogen-bond acceptors (Lipinski definition) is 5. The number of aromatic nitrogens is 2. The van der Waals surface area contributed by atoms with Gasteiger partial charge in [0, 0.05) is 13.6 Å². The molecule has 0 radical (unpaired) electrons. The third-order valence-electron chi connectivity index (χ3n) is 3.12. The van der Waals surface area contributed by atoms with Crippen molar-refractivity contribution in [2.45, 2.75) is 12.8 Å². The van der Waals surface area contributed by atoms with Gasteiger partial charge in [-0.05, 0) is 51.1 Å². The van der Waals surface area contributed by atoms with Crippen LogP contribution in [0.2, 0.25) is 0 Å². The van der Waals surface area contributed by atoms with Crippen LogP contribution >= 0.6 is 23.6 Å². The Hall–Kier alpha value is -0.460. The smallest absolute Gasteiger partial charge is 0.206 e. The van der Waals surface area contributed by atoms with E-state index in [0.717, 1.165) is 21.5 Å². The molecule has 0 aliphatic carbocycles. The monoisotopic (exact) mass is 258 g/mol. The summed E-state index contributed by atoms with van der Waals surface area (Å²) in [5, 5.41) is 8.03. The Morgan fingerprint density at radius 1 is 1.56 bits per heavy atom. The molecule has 1 aromatic rings. The van der Waals surface area contributed by atoms with E-state index in [1.165, 1.54) is 25.9 Å². The maximum absolute atomic E-state index is 5.04. The highest BCUT2D eigenvalue weighted by Crippen LogP contribution is 2.21. The van der Waals surface area contributed by atoms with Crippen molar-refractivity contribution >= 4 is 28.7 Å². The van der Waals surface area contributed by atoms with Crippen molar-refractivity contribution in [2.24, 2.45) is 5.92 Å². The predicted molar refractivity (Wildman–Crippen MR) is 70.8 cm³/mol. The van der Waals surface area contributed by atoms with Crippen LogP contribution < -0.4 is 4.90 Å². The summed E-state index contributed by atoms with van der Waals surface area (Å²) in [6, 6.07) is 0. The lowest BCUT2D eigenvalue weighted by atomic mass is 9.97. The van der Waals surface area contributed by atoms with Gasteiger partial charge < -0.3 is 9.80 Å². The Kier molecular flexibility index (Phi) is 3.94. The van der Waals surface area contributed by atoms with E-state index in [2.05, 4.69) is 34.1 Å². The zero-order valence-electron chi connectivity index (χ0n) is 9.77. The summed E-state index contributed by atoms with van der Waals surface area (Å²) in [5.74, 6) is 0.790. The van der Waals surface area contributed by atoms with E-state index in [0.29, 0.717) is 0 Å². The molecular weight excluding hydrogens is 240 g/mol. The van der Waals surface area contributed by atoms with E-state index in [4.69, 9.17) is 12.2 Å². The molecule has 2 heterocycles. The fourth-order valence-electron chi connectivity index (χ4n) is 2.10. The molecular formula is C10H18N4S2. The van der Waals surface area contributed by atoms with Crippen LogP contribution in [0.1, 0.15) is 12.8 Å². The van der Waals surface area contributed by atoms with Gasteiger partial charge >= 0.3 is 0 Å². The first kappa shape index (κ1) is 12.0. The first-order valence-corrected chi connectivity index (χ1v) is 6.83. The van der Waals surface area contributed by atoms with Crippen LogP contribution in [0.15, 0.2) is 0 Å². The molecule has 0 saturated carbocycles. The molecule has 1 aliphatic heterocycles. The van der Waals surface area contributed by atoms with Crippen molar-refractivity contribution in [3.8, 4) is 0 Å². The van der Waals surface area contributed by atoms with Crippen LogP contribution in [0.25, 0.3) is 0 Å². The molecule has 1 saturated heterocycles. The van der Waals surface area contributed by atoms with E-state index in [-0.39, 0.29) is 0 Å². The normalized spacial score (nSPS) is 18.9. The van der Waals surface area contributed by atoms with Crippen molar-refractivity contribution in [2.75, 3.05) is 38.6 Å². The van der Waals surface area contributed by atoms with Crippen molar-refractivity contribution in [3.63, 3.8) is 0 Å². The number of nitrogens with zero attached hydrogens (tertiary/aromatic N) is 3. The molecule has 0 atom stereocenters. The van der Waals surface area contributed by atoms with E-state index >= 15 is 0 Å². The molecule has 1 aromatic heterocycles. The fourth-order valence-corrected chi connectivity index (χ4v) is 2.94. The van der Waals surface area contributed by atoms with Crippen molar-refractivity contribution < 1.29 is 0 Å². The summed E-state index contributed by atoms with van der Waals surface area (Å²) in [7, 11) is 4.29. The van der Waals surface area contributed by atoms with Crippen LogP contribution in [0.4, 0.5) is 5.13 Å². The molecule has 0 unspecified atom stereocenters. The Bertz CT molecular complexity index is 378. The summed E-state index contributed by atoms with van der Waals surface area (Å²) in [4.78, 5) is 4.61. The van der Waals surface area contributed by atoms with Crippen LogP contribution in [0, 0.1) is 9.87 Å². The van der Waals surface area contributed by atoms with Gasteiger partial charge in [-0.3, -0.25) is 5.10 Å². The van der Waals surface area contributed by atoms with Crippen LogP contribution in [0.3, 0.4) is 0 Å². The number of aromatic amines is 1. The zero-order valence-corrected chi connectivity index (χ0v) is 11.4. The average molecular weight is 258 g/mol. The molecule has 16 heavy (non-hydrogen) atoms. The molecule has 0 bridgehead atoms. The van der Waals surface area contributed by atoms with Crippen molar-refractivity contribution in [3.05, 3.63) is 3.95 Å². The maximum Gasteiger partial charge on any atom is 0.206 e. The number of hydrogen-bond donors (Lipinski definition) is 1. The Morgan fingerprint density at radius 3 is 2.81 bits per heavy atom. The summed E-state index contributed by atoms with van der Waals surface area (Å²) in [6.07, 6.45) is 2.58. The molecule has 4 nitrogen and oxygen atoms in total. The van der Waals surface area contributed by atoms with Gasteiger partial charge in [0.05, 0.1) is 0 Å². The topological polar surface area (TPSA) is 35.2 Å². The summed E-state index contributed by atoms with van der Waals surface area (Å²) in [6.45, 7) is 3.52. The minimum absolute atomic E-state index is 0.755. The lowest BCUT2D eigenvalue weighted by molar-refractivity contribution is 0.222. The van der Waals surface area contributed by atoms with Gasteiger partial charge in [-0.2, -0.15) is 0 Å². The minimum Gasteiger partial charge on any atom is -0.349 e. The number of anilines is 1. The number of likely N-dealkylation sites (tertiary alicyclic amines) is 1. The second kappa shape index (κ2) is 5.25. The molecule has 0 spiro atoms. The van der Waals surface area contributed by atoms with Gasteiger partial charge in [0.1, 0.15) is 0 Å². The first-order chi connectivity index (χ1) is 7.65. The SMILES string of the molecule is CN1CCC(CN(C)c2n[nH]c(=S)s2)CC1. The Morgan fingerprint density at radius 2 is 2.25 bits per heavy atom. The molecule has 0 amide bonds. The average Bonchev–Trinajstić information content (AvgIpc) is 2.68. The van der Waals surface area contributed by atoms with Gasteiger partial charge in [-0.1, -0.05) is 11.3 Å². The molecule has 6 heteroatoms.